The van der Waals surface area contributed by atoms with Gasteiger partial charge in [0.1, 0.15) is 17.3 Å². The zero-order valence-electron chi connectivity index (χ0n) is 21.6. The molecule has 1 aromatic heterocycles. The summed E-state index contributed by atoms with van der Waals surface area (Å²) in [5, 5.41) is 17.9. The largest absolute Gasteiger partial charge is 0.391 e. The molecule has 2 heterocycles. The van der Waals surface area contributed by atoms with Gasteiger partial charge in [0.2, 0.25) is 0 Å². The summed E-state index contributed by atoms with van der Waals surface area (Å²) in [6.45, 7) is 6.99. The first kappa shape index (κ1) is 32.3. The van der Waals surface area contributed by atoms with Crippen molar-refractivity contribution in [2.45, 2.75) is 51.3 Å². The summed E-state index contributed by atoms with van der Waals surface area (Å²) in [5.41, 5.74) is 4.10. The maximum atomic E-state index is 12.7. The molecule has 2 aromatic carbocycles. The van der Waals surface area contributed by atoms with Crippen molar-refractivity contribution in [1.82, 2.24) is 15.3 Å². The van der Waals surface area contributed by atoms with Crippen LogP contribution in [-0.2, 0) is 28.2 Å². The second-order valence-electron chi connectivity index (χ2n) is 10.5. The summed E-state index contributed by atoms with van der Waals surface area (Å²) in [6.07, 6.45) is 1.09. The van der Waals surface area contributed by atoms with E-state index in [9.17, 15) is 13.5 Å². The Kier molecular flexibility index (Phi) is 11.4. The van der Waals surface area contributed by atoms with Gasteiger partial charge in [-0.2, -0.15) is 0 Å². The SMILES string of the molecule is CC(C)(C)c1cccc(CN[C@H]2CS(=O)(=O)C[C@@H](Cc3ccc(Nc4cc(Cl)ncn4)cc3)[C@@H]2O)c1.Cl.Cl. The van der Waals surface area contributed by atoms with E-state index in [0.717, 1.165) is 16.8 Å². The highest BCUT2D eigenvalue weighted by Crippen LogP contribution is 2.26. The normalized spacial score (nSPS) is 20.6. The topological polar surface area (TPSA) is 104 Å². The predicted molar refractivity (Wildman–Crippen MR) is 159 cm³/mol. The second-order valence-corrected chi connectivity index (χ2v) is 13.1. The maximum Gasteiger partial charge on any atom is 0.152 e. The molecule has 0 bridgehead atoms. The lowest BCUT2D eigenvalue weighted by atomic mass is 9.86. The number of anilines is 2. The highest BCUT2D eigenvalue weighted by molar-refractivity contribution is 7.91. The molecule has 0 spiro atoms. The average Bonchev–Trinajstić information content (AvgIpc) is 2.81. The van der Waals surface area contributed by atoms with E-state index in [4.69, 9.17) is 11.6 Å². The Morgan fingerprint density at radius 2 is 1.71 bits per heavy atom. The quantitative estimate of drug-likeness (QED) is 0.323. The van der Waals surface area contributed by atoms with Crippen LogP contribution in [0.4, 0.5) is 11.5 Å². The van der Waals surface area contributed by atoms with Crippen molar-refractivity contribution in [2.75, 3.05) is 16.8 Å². The van der Waals surface area contributed by atoms with Gasteiger partial charge in [-0.1, -0.05) is 68.8 Å². The van der Waals surface area contributed by atoms with Gasteiger partial charge in [-0.3, -0.25) is 0 Å². The summed E-state index contributed by atoms with van der Waals surface area (Å²) >= 11 is 5.91. The monoisotopic (exact) mass is 600 g/mol. The number of aromatic nitrogens is 2. The molecular formula is C27H35Cl3N4O3S. The van der Waals surface area contributed by atoms with Gasteiger partial charge in [0, 0.05) is 30.3 Å². The summed E-state index contributed by atoms with van der Waals surface area (Å²) in [4.78, 5) is 7.99. The fraction of sp³-hybridized carbons (Fsp3) is 0.407. The van der Waals surface area contributed by atoms with E-state index >= 15 is 0 Å². The molecule has 0 unspecified atom stereocenters. The number of sulfone groups is 1. The van der Waals surface area contributed by atoms with Crippen LogP contribution in [-0.4, -0.2) is 47.1 Å². The number of aliphatic hydroxyl groups is 1. The van der Waals surface area contributed by atoms with Crippen molar-refractivity contribution < 1.29 is 13.5 Å². The maximum absolute atomic E-state index is 12.7. The van der Waals surface area contributed by atoms with Crippen LogP contribution in [0.1, 0.15) is 37.5 Å². The number of halogens is 3. The molecular weight excluding hydrogens is 567 g/mol. The number of nitrogens with zero attached hydrogens (tertiary/aromatic N) is 2. The Balaban J connectivity index is 0.00000253. The Morgan fingerprint density at radius 1 is 1.00 bits per heavy atom. The van der Waals surface area contributed by atoms with Gasteiger partial charge in [-0.05, 0) is 40.7 Å². The van der Waals surface area contributed by atoms with Crippen molar-refractivity contribution in [3.63, 3.8) is 0 Å². The first-order chi connectivity index (χ1) is 17.0. The fourth-order valence-corrected chi connectivity index (χ4v) is 6.64. The van der Waals surface area contributed by atoms with Crippen LogP contribution in [0, 0.1) is 5.92 Å². The third kappa shape index (κ3) is 8.79. The fourth-order valence-electron chi connectivity index (χ4n) is 4.53. The van der Waals surface area contributed by atoms with E-state index in [1.165, 1.54) is 11.9 Å². The van der Waals surface area contributed by atoms with Gasteiger partial charge in [-0.25, -0.2) is 18.4 Å². The third-order valence-corrected chi connectivity index (χ3v) is 8.53. The number of hydrogen-bond donors (Lipinski definition) is 3. The lowest BCUT2D eigenvalue weighted by Crippen LogP contribution is -2.54. The Bertz CT molecular complexity index is 1300. The molecule has 0 aliphatic carbocycles. The number of rotatable bonds is 7. The zero-order chi connectivity index (χ0) is 25.9. The predicted octanol–water partition coefficient (Wildman–Crippen LogP) is 5.12. The van der Waals surface area contributed by atoms with Crippen molar-refractivity contribution in [3.8, 4) is 0 Å². The lowest BCUT2D eigenvalue weighted by Gasteiger charge is -2.35. The van der Waals surface area contributed by atoms with Crippen LogP contribution >= 0.6 is 36.4 Å². The molecule has 0 radical (unpaired) electrons. The first-order valence-corrected chi connectivity index (χ1v) is 14.2. The minimum Gasteiger partial charge on any atom is -0.391 e. The molecule has 3 aromatic rings. The molecule has 7 nitrogen and oxygen atoms in total. The van der Waals surface area contributed by atoms with Crippen LogP contribution < -0.4 is 10.6 Å². The number of nitrogens with one attached hydrogen (secondary N) is 2. The highest BCUT2D eigenvalue weighted by Gasteiger charge is 2.39. The summed E-state index contributed by atoms with van der Waals surface area (Å²) in [5.74, 6) is 0.111. The smallest absolute Gasteiger partial charge is 0.152 e. The molecule has 1 aliphatic heterocycles. The molecule has 1 aliphatic rings. The molecule has 3 N–H and O–H groups in total. The standard InChI is InChI=1S/C27H33ClN4O3S.2ClH/c1-27(2,3)21-6-4-5-19(12-21)14-29-23-16-36(34,35)15-20(26(23)33)11-18-7-9-22(10-8-18)32-25-13-24(28)30-17-31-25;;/h4-10,12-13,17,20,23,26,29,33H,11,14-16H2,1-3H3,(H,30,31,32);2*1H/t20-,23+,26+;;/m1../s1. The van der Waals surface area contributed by atoms with E-state index < -0.39 is 22.0 Å². The van der Waals surface area contributed by atoms with Crippen LogP contribution in [0.15, 0.2) is 60.9 Å². The van der Waals surface area contributed by atoms with Crippen LogP contribution in [0.25, 0.3) is 0 Å². The van der Waals surface area contributed by atoms with Gasteiger partial charge < -0.3 is 15.7 Å². The van der Waals surface area contributed by atoms with E-state index in [2.05, 4.69) is 53.5 Å². The molecule has 208 valence electrons. The van der Waals surface area contributed by atoms with E-state index in [-0.39, 0.29) is 47.7 Å². The molecule has 3 atom stereocenters. The number of aliphatic hydroxyl groups excluding tert-OH is 1. The Labute approximate surface area is 242 Å². The molecule has 38 heavy (non-hydrogen) atoms. The van der Waals surface area contributed by atoms with Gasteiger partial charge >= 0.3 is 0 Å². The lowest BCUT2D eigenvalue weighted by molar-refractivity contribution is 0.0781. The zero-order valence-corrected chi connectivity index (χ0v) is 24.8. The minimum atomic E-state index is -3.28. The van der Waals surface area contributed by atoms with E-state index in [0.29, 0.717) is 23.9 Å². The van der Waals surface area contributed by atoms with Crippen molar-refractivity contribution in [1.29, 1.82) is 0 Å². The molecule has 1 fully saturated rings. The molecule has 0 saturated carbocycles. The van der Waals surface area contributed by atoms with Crippen LogP contribution in [0.3, 0.4) is 0 Å². The summed E-state index contributed by atoms with van der Waals surface area (Å²) < 4.78 is 25.4. The van der Waals surface area contributed by atoms with Crippen LogP contribution in [0.5, 0.6) is 0 Å². The van der Waals surface area contributed by atoms with Crippen molar-refractivity contribution in [3.05, 3.63) is 82.8 Å². The van der Waals surface area contributed by atoms with Crippen LogP contribution in [0.2, 0.25) is 5.15 Å². The number of hydrogen-bond acceptors (Lipinski definition) is 7. The molecule has 4 rings (SSSR count). The minimum absolute atomic E-state index is 0. The highest BCUT2D eigenvalue weighted by atomic mass is 35.5. The van der Waals surface area contributed by atoms with Gasteiger partial charge in [0.05, 0.1) is 17.6 Å². The third-order valence-electron chi connectivity index (χ3n) is 6.52. The van der Waals surface area contributed by atoms with Crippen molar-refractivity contribution >= 4 is 57.8 Å². The average molecular weight is 602 g/mol. The summed E-state index contributed by atoms with van der Waals surface area (Å²) in [6, 6.07) is 17.0. The van der Waals surface area contributed by atoms with E-state index in [1.54, 1.807) is 6.07 Å². The van der Waals surface area contributed by atoms with Crippen molar-refractivity contribution in [2.24, 2.45) is 5.92 Å². The molecule has 0 amide bonds. The Hall–Kier alpha value is -1.94. The molecule has 1 saturated heterocycles. The van der Waals surface area contributed by atoms with E-state index in [1.807, 2.05) is 36.4 Å². The molecule has 11 heteroatoms. The first-order valence-electron chi connectivity index (χ1n) is 12.0. The second kappa shape index (κ2) is 13.4. The van der Waals surface area contributed by atoms with Gasteiger partial charge in [0.15, 0.2) is 9.84 Å². The Morgan fingerprint density at radius 3 is 2.37 bits per heavy atom. The summed E-state index contributed by atoms with van der Waals surface area (Å²) in [7, 11) is -3.28. The van der Waals surface area contributed by atoms with Gasteiger partial charge in [-0.15, -0.1) is 24.8 Å². The van der Waals surface area contributed by atoms with Gasteiger partial charge in [0.25, 0.3) is 0 Å². The number of benzene rings is 2.